The van der Waals surface area contributed by atoms with E-state index in [1.807, 2.05) is 12.1 Å². The van der Waals surface area contributed by atoms with Crippen LogP contribution in [0.15, 0.2) is 42.5 Å². The van der Waals surface area contributed by atoms with Crippen molar-refractivity contribution in [2.45, 2.75) is 19.4 Å². The molecule has 1 aromatic carbocycles. The van der Waals surface area contributed by atoms with Crippen molar-refractivity contribution in [2.24, 2.45) is 0 Å². The maximum atomic E-state index is 6.00. The molecule has 1 nitrogen and oxygen atoms in total. The molecule has 0 fully saturated rings. The van der Waals surface area contributed by atoms with Crippen LogP contribution in [0.1, 0.15) is 23.4 Å². The fourth-order valence-corrected chi connectivity index (χ4v) is 3.02. The lowest BCUT2D eigenvalue weighted by Gasteiger charge is -2.16. The maximum absolute atomic E-state index is 6.00. The predicted molar refractivity (Wildman–Crippen MR) is 75.9 cm³/mol. The number of hydrogen-bond acceptors (Lipinski definition) is 2. The topological polar surface area (TPSA) is 12.0 Å². The van der Waals surface area contributed by atoms with Crippen molar-refractivity contribution in [3.8, 4) is 0 Å². The monoisotopic (exact) mass is 265 g/mol. The van der Waals surface area contributed by atoms with Crippen LogP contribution in [-0.2, 0) is 6.42 Å². The lowest BCUT2D eigenvalue weighted by atomic mass is 10.0. The summed E-state index contributed by atoms with van der Waals surface area (Å²) in [5, 5.41) is 3.51. The number of rotatable bonds is 5. The van der Waals surface area contributed by atoms with Gasteiger partial charge in [0.05, 0.1) is 4.34 Å². The molecular weight excluding hydrogens is 250 g/mol. The largest absolute Gasteiger partial charge is 0.309 e. The minimum atomic E-state index is 0.361. The minimum absolute atomic E-state index is 0.361. The molecule has 0 aliphatic carbocycles. The van der Waals surface area contributed by atoms with E-state index in [4.69, 9.17) is 11.6 Å². The second-order valence-electron chi connectivity index (χ2n) is 3.94. The van der Waals surface area contributed by atoms with E-state index in [-0.39, 0.29) is 0 Å². The van der Waals surface area contributed by atoms with Crippen molar-refractivity contribution in [3.63, 3.8) is 0 Å². The van der Waals surface area contributed by atoms with Gasteiger partial charge in [0.25, 0.3) is 0 Å². The molecule has 0 aliphatic heterocycles. The molecule has 0 amide bonds. The molecular formula is C14H16ClNS. The van der Waals surface area contributed by atoms with E-state index in [1.54, 1.807) is 11.3 Å². The Morgan fingerprint density at radius 1 is 1.18 bits per heavy atom. The first-order chi connectivity index (χ1) is 8.29. The van der Waals surface area contributed by atoms with Crippen molar-refractivity contribution in [1.82, 2.24) is 5.32 Å². The van der Waals surface area contributed by atoms with Crippen molar-refractivity contribution >= 4 is 22.9 Å². The summed E-state index contributed by atoms with van der Waals surface area (Å²) in [6.07, 6.45) is 1.01. The Morgan fingerprint density at radius 3 is 2.53 bits per heavy atom. The first kappa shape index (κ1) is 12.6. The summed E-state index contributed by atoms with van der Waals surface area (Å²) >= 11 is 7.66. The fourth-order valence-electron chi connectivity index (χ4n) is 1.89. The molecule has 2 aromatic rings. The zero-order valence-corrected chi connectivity index (χ0v) is 11.4. The van der Waals surface area contributed by atoms with Gasteiger partial charge < -0.3 is 5.32 Å². The molecule has 90 valence electrons. The molecule has 2 rings (SSSR count). The van der Waals surface area contributed by atoms with Gasteiger partial charge in [-0.15, -0.1) is 11.3 Å². The van der Waals surface area contributed by atoms with Crippen LogP contribution in [-0.4, -0.2) is 6.54 Å². The maximum Gasteiger partial charge on any atom is 0.0931 e. The van der Waals surface area contributed by atoms with Gasteiger partial charge in [-0.25, -0.2) is 0 Å². The van der Waals surface area contributed by atoms with Crippen LogP contribution in [0, 0.1) is 0 Å². The highest BCUT2D eigenvalue weighted by molar-refractivity contribution is 7.16. The number of benzene rings is 1. The molecule has 1 aromatic heterocycles. The Kier molecular flexibility index (Phi) is 4.60. The molecule has 0 spiro atoms. The first-order valence-electron chi connectivity index (χ1n) is 5.82. The molecule has 17 heavy (non-hydrogen) atoms. The summed E-state index contributed by atoms with van der Waals surface area (Å²) in [5.41, 5.74) is 1.35. The second kappa shape index (κ2) is 6.20. The van der Waals surface area contributed by atoms with Crippen LogP contribution < -0.4 is 5.32 Å². The summed E-state index contributed by atoms with van der Waals surface area (Å²) < 4.78 is 0.857. The number of likely N-dealkylation sites (N-methyl/N-ethyl adjacent to an activating group) is 1. The standard InChI is InChI=1S/C14H16ClNS/c1-2-16-12(13-8-9-14(15)17-13)10-11-6-4-3-5-7-11/h3-9,12,16H,2,10H2,1H3. The highest BCUT2D eigenvalue weighted by Crippen LogP contribution is 2.28. The van der Waals surface area contributed by atoms with Gasteiger partial charge in [0.1, 0.15) is 0 Å². The van der Waals surface area contributed by atoms with Gasteiger partial charge in [-0.05, 0) is 30.7 Å². The van der Waals surface area contributed by atoms with Crippen LogP contribution in [0.25, 0.3) is 0 Å². The summed E-state index contributed by atoms with van der Waals surface area (Å²) in [7, 11) is 0. The van der Waals surface area contributed by atoms with Crippen molar-refractivity contribution in [3.05, 3.63) is 57.2 Å². The summed E-state index contributed by atoms with van der Waals surface area (Å²) in [5.74, 6) is 0. The van der Waals surface area contributed by atoms with Crippen molar-refractivity contribution in [1.29, 1.82) is 0 Å². The number of hydrogen-bond donors (Lipinski definition) is 1. The van der Waals surface area contributed by atoms with Gasteiger partial charge in [-0.2, -0.15) is 0 Å². The highest BCUT2D eigenvalue weighted by atomic mass is 35.5. The van der Waals surface area contributed by atoms with E-state index in [2.05, 4.69) is 42.6 Å². The zero-order chi connectivity index (χ0) is 12.1. The average molecular weight is 266 g/mol. The van der Waals surface area contributed by atoms with Crippen molar-refractivity contribution in [2.75, 3.05) is 6.54 Å². The van der Waals surface area contributed by atoms with Gasteiger partial charge in [0, 0.05) is 10.9 Å². The molecule has 1 atom stereocenters. The Hall–Kier alpha value is -0.830. The molecule has 1 N–H and O–H groups in total. The number of thiophene rings is 1. The SMILES string of the molecule is CCNC(Cc1ccccc1)c1ccc(Cl)s1. The third-order valence-electron chi connectivity index (χ3n) is 2.67. The van der Waals surface area contributed by atoms with Crippen LogP contribution in [0.5, 0.6) is 0 Å². The van der Waals surface area contributed by atoms with Crippen LogP contribution in [0.4, 0.5) is 0 Å². The van der Waals surface area contributed by atoms with E-state index < -0.39 is 0 Å². The number of halogens is 1. The van der Waals surface area contributed by atoms with Gasteiger partial charge in [0.2, 0.25) is 0 Å². The third-order valence-corrected chi connectivity index (χ3v) is 4.02. The van der Waals surface area contributed by atoms with Gasteiger partial charge >= 0.3 is 0 Å². The Bertz CT molecular complexity index is 452. The minimum Gasteiger partial charge on any atom is -0.309 e. The van der Waals surface area contributed by atoms with E-state index in [9.17, 15) is 0 Å². The third kappa shape index (κ3) is 3.56. The second-order valence-corrected chi connectivity index (χ2v) is 5.69. The molecule has 0 bridgehead atoms. The Morgan fingerprint density at radius 2 is 1.94 bits per heavy atom. The lowest BCUT2D eigenvalue weighted by molar-refractivity contribution is 0.558. The van der Waals surface area contributed by atoms with Gasteiger partial charge in [-0.1, -0.05) is 48.9 Å². The fraction of sp³-hybridized carbons (Fsp3) is 0.286. The smallest absolute Gasteiger partial charge is 0.0931 e. The molecule has 1 unspecified atom stereocenters. The van der Waals surface area contributed by atoms with E-state index in [0.29, 0.717) is 6.04 Å². The lowest BCUT2D eigenvalue weighted by Crippen LogP contribution is -2.21. The first-order valence-corrected chi connectivity index (χ1v) is 7.01. The normalized spacial score (nSPS) is 12.6. The molecule has 0 aliphatic rings. The Balaban J connectivity index is 2.13. The van der Waals surface area contributed by atoms with Crippen LogP contribution in [0.3, 0.4) is 0 Å². The van der Waals surface area contributed by atoms with Gasteiger partial charge in [0.15, 0.2) is 0 Å². The van der Waals surface area contributed by atoms with Crippen LogP contribution in [0.2, 0.25) is 4.34 Å². The van der Waals surface area contributed by atoms with E-state index in [0.717, 1.165) is 17.3 Å². The molecule has 0 radical (unpaired) electrons. The molecule has 1 heterocycles. The number of nitrogens with one attached hydrogen (secondary N) is 1. The summed E-state index contributed by atoms with van der Waals surface area (Å²) in [6, 6.07) is 15.0. The van der Waals surface area contributed by atoms with E-state index >= 15 is 0 Å². The predicted octanol–water partition coefficient (Wildman–Crippen LogP) is 4.29. The molecule has 0 saturated heterocycles. The molecule has 0 saturated carbocycles. The summed E-state index contributed by atoms with van der Waals surface area (Å²) in [4.78, 5) is 1.31. The quantitative estimate of drug-likeness (QED) is 0.850. The van der Waals surface area contributed by atoms with Gasteiger partial charge in [-0.3, -0.25) is 0 Å². The highest BCUT2D eigenvalue weighted by Gasteiger charge is 2.13. The van der Waals surface area contributed by atoms with E-state index in [1.165, 1.54) is 10.4 Å². The van der Waals surface area contributed by atoms with Crippen molar-refractivity contribution < 1.29 is 0 Å². The average Bonchev–Trinajstić information content (AvgIpc) is 2.77. The summed E-state index contributed by atoms with van der Waals surface area (Å²) in [6.45, 7) is 3.10. The zero-order valence-electron chi connectivity index (χ0n) is 9.82. The van der Waals surface area contributed by atoms with Crippen LogP contribution >= 0.6 is 22.9 Å². The Labute approximate surface area is 111 Å². The molecule has 3 heteroatoms.